The predicted molar refractivity (Wildman–Crippen MR) is 106 cm³/mol. The highest BCUT2D eigenvalue weighted by atomic mass is 79.9. The summed E-state index contributed by atoms with van der Waals surface area (Å²) in [5, 5.41) is 15.6. The van der Waals surface area contributed by atoms with Gasteiger partial charge in [0.2, 0.25) is 5.91 Å². The van der Waals surface area contributed by atoms with Crippen LogP contribution in [0, 0.1) is 10.1 Å². The number of nitro benzene ring substituents is 1. The number of hydrogen-bond donors (Lipinski definition) is 1. The van der Waals surface area contributed by atoms with Gasteiger partial charge in [-0.3, -0.25) is 20.2 Å². The van der Waals surface area contributed by atoms with Gasteiger partial charge in [-0.25, -0.2) is 4.98 Å². The number of amides is 1. The van der Waals surface area contributed by atoms with E-state index in [1.54, 1.807) is 23.6 Å². The average Bonchev–Trinajstić information content (AvgIpc) is 3.10. The van der Waals surface area contributed by atoms with E-state index in [-0.39, 0.29) is 11.6 Å². The molecule has 2 aromatic carbocycles. The first-order valence-corrected chi connectivity index (χ1v) is 9.13. The van der Waals surface area contributed by atoms with E-state index in [2.05, 4.69) is 26.2 Å². The predicted octanol–water partition coefficient (Wildman–Crippen LogP) is 5.13. The Morgan fingerprint density at radius 1 is 1.15 bits per heavy atom. The van der Waals surface area contributed by atoms with Gasteiger partial charge in [0.25, 0.3) is 5.69 Å². The number of anilines is 1. The molecule has 1 aromatic heterocycles. The number of nitrogens with zero attached hydrogens (tertiary/aromatic N) is 2. The number of halogens is 1. The second-order valence-electron chi connectivity index (χ2n) is 5.22. The summed E-state index contributed by atoms with van der Waals surface area (Å²) in [5.41, 5.74) is 2.33. The lowest BCUT2D eigenvalue weighted by molar-refractivity contribution is -0.384. The fourth-order valence-corrected chi connectivity index (χ4v) is 3.10. The zero-order chi connectivity index (χ0) is 18.5. The molecule has 0 radical (unpaired) electrons. The SMILES string of the molecule is O=C(/C=C/c1ccc(Br)cc1)Nc1nc(-c2ccc([N+](=O)[O-])cc2)cs1. The van der Waals surface area contributed by atoms with Crippen LogP contribution < -0.4 is 5.32 Å². The highest BCUT2D eigenvalue weighted by Gasteiger charge is 2.09. The molecule has 0 aliphatic heterocycles. The van der Waals surface area contributed by atoms with Crippen LogP contribution in [0.4, 0.5) is 10.8 Å². The van der Waals surface area contributed by atoms with Gasteiger partial charge in [-0.1, -0.05) is 28.1 Å². The van der Waals surface area contributed by atoms with Crippen LogP contribution >= 0.6 is 27.3 Å². The smallest absolute Gasteiger partial charge is 0.269 e. The fourth-order valence-electron chi connectivity index (χ4n) is 2.11. The molecular formula is C18H12BrN3O3S. The first-order chi connectivity index (χ1) is 12.5. The number of thiazole rings is 1. The summed E-state index contributed by atoms with van der Waals surface area (Å²) in [6.07, 6.45) is 3.16. The third-order valence-electron chi connectivity index (χ3n) is 3.41. The third-order valence-corrected chi connectivity index (χ3v) is 4.69. The van der Waals surface area contributed by atoms with Crippen molar-refractivity contribution in [3.8, 4) is 11.3 Å². The van der Waals surface area contributed by atoms with Crippen LogP contribution in [-0.4, -0.2) is 15.8 Å². The van der Waals surface area contributed by atoms with Gasteiger partial charge >= 0.3 is 0 Å². The Morgan fingerprint density at radius 3 is 2.50 bits per heavy atom. The minimum Gasteiger partial charge on any atom is -0.298 e. The monoisotopic (exact) mass is 429 g/mol. The highest BCUT2D eigenvalue weighted by molar-refractivity contribution is 9.10. The number of hydrogen-bond acceptors (Lipinski definition) is 5. The number of rotatable bonds is 5. The summed E-state index contributed by atoms with van der Waals surface area (Å²) in [4.78, 5) is 26.6. The summed E-state index contributed by atoms with van der Waals surface area (Å²) >= 11 is 4.65. The lowest BCUT2D eigenvalue weighted by atomic mass is 10.1. The molecule has 0 saturated heterocycles. The minimum atomic E-state index is -0.450. The van der Waals surface area contributed by atoms with E-state index >= 15 is 0 Å². The van der Waals surface area contributed by atoms with E-state index in [0.29, 0.717) is 10.8 Å². The van der Waals surface area contributed by atoms with Gasteiger partial charge in [-0.15, -0.1) is 11.3 Å². The van der Waals surface area contributed by atoms with Gasteiger partial charge in [-0.2, -0.15) is 0 Å². The Morgan fingerprint density at radius 2 is 1.85 bits per heavy atom. The third kappa shape index (κ3) is 4.62. The van der Waals surface area contributed by atoms with E-state index in [1.165, 1.54) is 29.5 Å². The van der Waals surface area contributed by atoms with Crippen molar-refractivity contribution < 1.29 is 9.72 Å². The molecule has 1 heterocycles. The van der Waals surface area contributed by atoms with Crippen LogP contribution in [0.2, 0.25) is 0 Å². The Kier molecular flexibility index (Phi) is 5.55. The summed E-state index contributed by atoms with van der Waals surface area (Å²) in [6, 6.07) is 13.7. The standard InChI is InChI=1S/C18H12BrN3O3S/c19-14-6-1-12(2-7-14)3-10-17(23)21-18-20-16(11-26-18)13-4-8-15(9-5-13)22(24)25/h1-11H,(H,20,21,23)/b10-3+. The maximum atomic E-state index is 12.0. The lowest BCUT2D eigenvalue weighted by Gasteiger charge is -1.98. The van der Waals surface area contributed by atoms with Gasteiger partial charge < -0.3 is 0 Å². The first kappa shape index (κ1) is 18.0. The van der Waals surface area contributed by atoms with Gasteiger partial charge in [0.05, 0.1) is 10.6 Å². The zero-order valence-corrected chi connectivity index (χ0v) is 15.7. The van der Waals surface area contributed by atoms with E-state index in [0.717, 1.165) is 15.6 Å². The number of aromatic nitrogens is 1. The molecule has 8 heteroatoms. The summed E-state index contributed by atoms with van der Waals surface area (Å²) in [7, 11) is 0. The van der Waals surface area contributed by atoms with Crippen molar-refractivity contribution in [1.29, 1.82) is 0 Å². The Balaban J connectivity index is 1.65. The number of nitrogens with one attached hydrogen (secondary N) is 1. The van der Waals surface area contributed by atoms with Crippen LogP contribution in [0.1, 0.15) is 5.56 Å². The van der Waals surface area contributed by atoms with Gasteiger partial charge in [-0.05, 0) is 35.9 Å². The van der Waals surface area contributed by atoms with E-state index < -0.39 is 4.92 Å². The van der Waals surface area contributed by atoms with E-state index in [1.807, 2.05) is 24.3 Å². The topological polar surface area (TPSA) is 85.1 Å². The Labute approximate surface area is 161 Å². The second-order valence-corrected chi connectivity index (χ2v) is 6.99. The molecule has 1 N–H and O–H groups in total. The number of carbonyl (C=O) groups is 1. The Hall–Kier alpha value is -2.84. The molecule has 1 amide bonds. The molecule has 26 heavy (non-hydrogen) atoms. The number of benzene rings is 2. The van der Waals surface area contributed by atoms with Crippen molar-refractivity contribution in [1.82, 2.24) is 4.98 Å². The maximum absolute atomic E-state index is 12.0. The summed E-state index contributed by atoms with van der Waals surface area (Å²) in [6.45, 7) is 0. The second kappa shape index (κ2) is 8.03. The Bertz CT molecular complexity index is 966. The zero-order valence-electron chi connectivity index (χ0n) is 13.3. The molecule has 6 nitrogen and oxygen atoms in total. The first-order valence-electron chi connectivity index (χ1n) is 7.46. The van der Waals surface area contributed by atoms with Crippen molar-refractivity contribution in [2.24, 2.45) is 0 Å². The van der Waals surface area contributed by atoms with Crippen molar-refractivity contribution in [3.63, 3.8) is 0 Å². The quantitative estimate of drug-likeness (QED) is 0.345. The summed E-state index contributed by atoms with van der Waals surface area (Å²) in [5.74, 6) is -0.280. The highest BCUT2D eigenvalue weighted by Crippen LogP contribution is 2.26. The van der Waals surface area contributed by atoms with Crippen LogP contribution in [0.25, 0.3) is 17.3 Å². The van der Waals surface area contributed by atoms with Crippen LogP contribution in [0.3, 0.4) is 0 Å². The van der Waals surface area contributed by atoms with Crippen molar-refractivity contribution in [3.05, 3.63) is 80.1 Å². The van der Waals surface area contributed by atoms with E-state index in [4.69, 9.17) is 0 Å². The molecule has 0 fully saturated rings. The largest absolute Gasteiger partial charge is 0.298 e. The van der Waals surface area contributed by atoms with Crippen molar-refractivity contribution >= 4 is 50.1 Å². The van der Waals surface area contributed by atoms with Crippen LogP contribution in [0.5, 0.6) is 0 Å². The number of carbonyl (C=O) groups excluding carboxylic acids is 1. The number of non-ortho nitro benzene ring substituents is 1. The average molecular weight is 430 g/mol. The van der Waals surface area contributed by atoms with Crippen molar-refractivity contribution in [2.75, 3.05) is 5.32 Å². The molecule has 130 valence electrons. The normalized spacial score (nSPS) is 10.8. The molecule has 0 spiro atoms. The lowest BCUT2D eigenvalue weighted by Crippen LogP contribution is -2.07. The number of nitro groups is 1. The van der Waals surface area contributed by atoms with Gasteiger partial charge in [0.1, 0.15) is 0 Å². The molecule has 0 atom stereocenters. The van der Waals surface area contributed by atoms with Crippen LogP contribution in [-0.2, 0) is 4.79 Å². The molecule has 0 unspecified atom stereocenters. The maximum Gasteiger partial charge on any atom is 0.269 e. The molecule has 0 saturated carbocycles. The van der Waals surface area contributed by atoms with Gasteiger partial charge in [0, 0.05) is 33.6 Å². The van der Waals surface area contributed by atoms with Crippen molar-refractivity contribution in [2.45, 2.75) is 0 Å². The fraction of sp³-hybridized carbons (Fsp3) is 0. The summed E-state index contributed by atoms with van der Waals surface area (Å²) < 4.78 is 0.973. The molecule has 0 aliphatic rings. The molecule has 3 aromatic rings. The molecular weight excluding hydrogens is 418 g/mol. The molecule has 0 aliphatic carbocycles. The van der Waals surface area contributed by atoms with Gasteiger partial charge in [0.15, 0.2) is 5.13 Å². The minimum absolute atomic E-state index is 0.0237. The van der Waals surface area contributed by atoms with E-state index in [9.17, 15) is 14.9 Å². The van der Waals surface area contributed by atoms with Crippen LogP contribution in [0.15, 0.2) is 64.5 Å². The molecule has 3 rings (SSSR count). The molecule has 0 bridgehead atoms.